The van der Waals surface area contributed by atoms with E-state index in [9.17, 15) is 4.79 Å². The molecule has 0 aliphatic rings. The molecule has 0 radical (unpaired) electrons. The Morgan fingerprint density at radius 2 is 2.10 bits per heavy atom. The summed E-state index contributed by atoms with van der Waals surface area (Å²) in [4.78, 5) is 12.2. The van der Waals surface area contributed by atoms with Crippen molar-refractivity contribution >= 4 is 5.91 Å². The van der Waals surface area contributed by atoms with E-state index < -0.39 is 0 Å². The van der Waals surface area contributed by atoms with Crippen LogP contribution in [-0.4, -0.2) is 17.9 Å². The Labute approximate surface area is 61.8 Å². The summed E-state index contributed by atoms with van der Waals surface area (Å²) in [7, 11) is 1.70. The Morgan fingerprint density at radius 3 is 2.40 bits per heavy atom. The van der Waals surface area contributed by atoms with Crippen molar-refractivity contribution in [3.8, 4) is 0 Å². The van der Waals surface area contributed by atoms with Gasteiger partial charge in [0.1, 0.15) is 0 Å². The van der Waals surface area contributed by atoms with E-state index in [0.29, 0.717) is 0 Å². The first-order valence-electron chi connectivity index (χ1n) is 3.15. The maximum Gasteiger partial charge on any atom is 0.223 e. The monoisotopic (exact) mass is 139 g/mol. The number of allylic oxidation sites excluding steroid dienone is 2. The van der Waals surface area contributed by atoms with Gasteiger partial charge in [0.2, 0.25) is 5.91 Å². The third-order valence-corrected chi connectivity index (χ3v) is 1.26. The van der Waals surface area contributed by atoms with Crippen LogP contribution in [0.2, 0.25) is 0 Å². The summed E-state index contributed by atoms with van der Waals surface area (Å²) in [5, 5.41) is 0. The lowest BCUT2D eigenvalue weighted by Crippen LogP contribution is -2.21. The van der Waals surface area contributed by atoms with Crippen LogP contribution in [0.15, 0.2) is 24.4 Å². The van der Waals surface area contributed by atoms with Gasteiger partial charge in [0, 0.05) is 19.7 Å². The van der Waals surface area contributed by atoms with Crippen molar-refractivity contribution < 1.29 is 4.79 Å². The smallest absolute Gasteiger partial charge is 0.223 e. The number of likely N-dealkylation sites (N-methyl/N-ethyl adjacent to an activating group) is 1. The van der Waals surface area contributed by atoms with Gasteiger partial charge in [-0.25, -0.2) is 0 Å². The Morgan fingerprint density at radius 1 is 1.60 bits per heavy atom. The molecule has 0 bridgehead atoms. The molecule has 2 nitrogen and oxygen atoms in total. The lowest BCUT2D eigenvalue weighted by atomic mass is 10.4. The molecule has 0 unspecified atom stereocenters. The van der Waals surface area contributed by atoms with Gasteiger partial charge < -0.3 is 4.90 Å². The first-order valence-corrected chi connectivity index (χ1v) is 3.15. The summed E-state index contributed by atoms with van der Waals surface area (Å²) < 4.78 is 0. The number of rotatable bonds is 2. The van der Waals surface area contributed by atoms with E-state index in [-0.39, 0.29) is 5.91 Å². The molecule has 0 N–H and O–H groups in total. The summed E-state index contributed by atoms with van der Waals surface area (Å²) in [6.07, 6.45) is 3.64. The zero-order valence-electron chi connectivity index (χ0n) is 6.72. The molecule has 0 aliphatic carbocycles. The zero-order valence-corrected chi connectivity index (χ0v) is 6.72. The molecule has 0 saturated heterocycles. The molecule has 0 fully saturated rings. The van der Waals surface area contributed by atoms with Crippen molar-refractivity contribution in [3.63, 3.8) is 0 Å². The van der Waals surface area contributed by atoms with Crippen LogP contribution in [-0.2, 0) is 4.79 Å². The summed E-state index contributed by atoms with van der Waals surface area (Å²) in [6.45, 7) is 7.08. The number of carbonyl (C=O) groups excluding carboxylic acids is 1. The van der Waals surface area contributed by atoms with Crippen LogP contribution >= 0.6 is 0 Å². The largest absolute Gasteiger partial charge is 0.316 e. The average Bonchev–Trinajstić information content (AvgIpc) is 1.87. The van der Waals surface area contributed by atoms with Crippen molar-refractivity contribution in [2.75, 3.05) is 7.05 Å². The average molecular weight is 139 g/mol. The van der Waals surface area contributed by atoms with Gasteiger partial charge in [0.15, 0.2) is 0 Å². The molecule has 1 amide bonds. The second-order valence-electron chi connectivity index (χ2n) is 2.07. The second-order valence-corrected chi connectivity index (χ2v) is 2.07. The third kappa shape index (κ3) is 2.49. The normalized spacial score (nSPS) is 9.90. The van der Waals surface area contributed by atoms with Crippen LogP contribution in [0, 0.1) is 0 Å². The predicted molar refractivity (Wildman–Crippen MR) is 42.4 cm³/mol. The second kappa shape index (κ2) is 3.88. The number of hydrogen-bond donors (Lipinski definition) is 0. The summed E-state index contributed by atoms with van der Waals surface area (Å²) in [5.74, 6) is 0.00287. The molecule has 0 aliphatic heterocycles. The zero-order chi connectivity index (χ0) is 8.15. The van der Waals surface area contributed by atoms with E-state index in [0.717, 1.165) is 5.70 Å². The minimum Gasteiger partial charge on any atom is -0.316 e. The fraction of sp³-hybridized carbons (Fsp3) is 0.375. The standard InChI is InChI=1S/C8H13NO/c1-5-6-7(2)9(4)8(3)10/h5-6H,2H2,1,3-4H3/b6-5-. The van der Waals surface area contributed by atoms with Gasteiger partial charge >= 0.3 is 0 Å². The highest BCUT2D eigenvalue weighted by Gasteiger charge is 2.01. The fourth-order valence-corrected chi connectivity index (χ4v) is 0.506. The van der Waals surface area contributed by atoms with Crippen molar-refractivity contribution in [2.45, 2.75) is 13.8 Å². The number of hydrogen-bond acceptors (Lipinski definition) is 1. The van der Waals surface area contributed by atoms with Crippen LogP contribution in [0.4, 0.5) is 0 Å². The lowest BCUT2D eigenvalue weighted by molar-refractivity contribution is -0.125. The van der Waals surface area contributed by atoms with Crippen molar-refractivity contribution in [2.24, 2.45) is 0 Å². The Bertz CT molecular complexity index is 170. The minimum absolute atomic E-state index is 0.00287. The fourth-order valence-electron chi connectivity index (χ4n) is 0.506. The van der Waals surface area contributed by atoms with Crippen LogP contribution < -0.4 is 0 Å². The van der Waals surface area contributed by atoms with Crippen molar-refractivity contribution in [1.82, 2.24) is 4.90 Å². The highest BCUT2D eigenvalue weighted by Crippen LogP contribution is 1.99. The predicted octanol–water partition coefficient (Wildman–Crippen LogP) is 1.55. The number of nitrogens with zero attached hydrogens (tertiary/aromatic N) is 1. The number of amides is 1. The molecule has 0 aromatic heterocycles. The molecule has 0 rings (SSSR count). The minimum atomic E-state index is 0.00287. The van der Waals surface area contributed by atoms with Gasteiger partial charge in [-0.15, -0.1) is 0 Å². The van der Waals surface area contributed by atoms with Crippen LogP contribution in [0.1, 0.15) is 13.8 Å². The SMILES string of the molecule is C=C(/C=C\C)N(C)C(C)=O. The van der Waals surface area contributed by atoms with Gasteiger partial charge in [0.25, 0.3) is 0 Å². The summed E-state index contributed by atoms with van der Waals surface area (Å²) in [6, 6.07) is 0. The maximum atomic E-state index is 10.7. The van der Waals surface area contributed by atoms with Crippen LogP contribution in [0.5, 0.6) is 0 Å². The van der Waals surface area contributed by atoms with E-state index in [1.165, 1.54) is 11.8 Å². The quantitative estimate of drug-likeness (QED) is 0.531. The Balaban J connectivity index is 4.08. The molecule has 10 heavy (non-hydrogen) atoms. The topological polar surface area (TPSA) is 20.3 Å². The van der Waals surface area contributed by atoms with E-state index >= 15 is 0 Å². The summed E-state index contributed by atoms with van der Waals surface area (Å²) >= 11 is 0. The van der Waals surface area contributed by atoms with E-state index in [1.807, 2.05) is 13.0 Å². The molecule has 0 aromatic carbocycles. The van der Waals surface area contributed by atoms with Gasteiger partial charge in [-0.05, 0) is 13.0 Å². The van der Waals surface area contributed by atoms with Gasteiger partial charge in [-0.1, -0.05) is 12.7 Å². The van der Waals surface area contributed by atoms with Crippen LogP contribution in [0.25, 0.3) is 0 Å². The summed E-state index contributed by atoms with van der Waals surface area (Å²) in [5.41, 5.74) is 0.718. The van der Waals surface area contributed by atoms with Crippen molar-refractivity contribution in [3.05, 3.63) is 24.4 Å². The molecule has 2 heteroatoms. The molecule has 0 atom stereocenters. The van der Waals surface area contributed by atoms with Gasteiger partial charge in [-0.2, -0.15) is 0 Å². The molecular weight excluding hydrogens is 126 g/mol. The molecule has 0 aromatic rings. The molecule has 0 heterocycles. The highest BCUT2D eigenvalue weighted by molar-refractivity contribution is 5.75. The van der Waals surface area contributed by atoms with E-state index in [2.05, 4.69) is 6.58 Å². The molecule has 56 valence electrons. The maximum absolute atomic E-state index is 10.7. The van der Waals surface area contributed by atoms with Crippen molar-refractivity contribution in [1.29, 1.82) is 0 Å². The highest BCUT2D eigenvalue weighted by atomic mass is 16.2. The molecular formula is C8H13NO. The number of carbonyl (C=O) groups is 1. The lowest BCUT2D eigenvalue weighted by Gasteiger charge is -2.13. The van der Waals surface area contributed by atoms with Crippen LogP contribution in [0.3, 0.4) is 0 Å². The van der Waals surface area contributed by atoms with E-state index in [4.69, 9.17) is 0 Å². The first kappa shape index (κ1) is 8.95. The molecule has 0 saturated carbocycles. The first-order chi connectivity index (χ1) is 4.59. The third-order valence-electron chi connectivity index (χ3n) is 1.26. The molecule has 0 spiro atoms. The Kier molecular flexibility index (Phi) is 3.47. The van der Waals surface area contributed by atoms with Gasteiger partial charge in [0.05, 0.1) is 0 Å². The van der Waals surface area contributed by atoms with E-state index in [1.54, 1.807) is 13.1 Å². The van der Waals surface area contributed by atoms with Gasteiger partial charge in [-0.3, -0.25) is 4.79 Å². The Hall–Kier alpha value is -1.05.